The van der Waals surface area contributed by atoms with Gasteiger partial charge in [0.25, 0.3) is 5.91 Å². The number of ketones is 1. The summed E-state index contributed by atoms with van der Waals surface area (Å²) in [6, 6.07) is 23.7. The number of hydrazone groups is 1. The summed E-state index contributed by atoms with van der Waals surface area (Å²) in [4.78, 5) is 47.3. The van der Waals surface area contributed by atoms with Crippen LogP contribution in [0.3, 0.4) is 0 Å². The van der Waals surface area contributed by atoms with Crippen LogP contribution < -0.4 is 9.80 Å². The van der Waals surface area contributed by atoms with E-state index in [9.17, 15) is 32.7 Å². The molecule has 1 N–H and O–H groups in total. The number of anilines is 2. The van der Waals surface area contributed by atoms with Crippen LogP contribution in [0.4, 0.5) is 24.5 Å². The van der Waals surface area contributed by atoms with Gasteiger partial charge in [-0.25, -0.2) is 9.99 Å². The number of aromatic nitrogens is 1. The summed E-state index contributed by atoms with van der Waals surface area (Å²) in [6.07, 6.45) is 1.22. The Labute approximate surface area is 325 Å². The molecule has 14 heteroatoms. The first-order valence-electron chi connectivity index (χ1n) is 17.9. The molecular formula is C42H38F3N5O5S. The number of hydrogen-bond donors (Lipinski definition) is 1. The van der Waals surface area contributed by atoms with Crippen LogP contribution in [0, 0.1) is 0 Å². The van der Waals surface area contributed by atoms with Crippen molar-refractivity contribution in [2.45, 2.75) is 38.3 Å². The van der Waals surface area contributed by atoms with E-state index in [1.807, 2.05) is 105 Å². The Morgan fingerprint density at radius 1 is 1.00 bits per heavy atom. The molecule has 0 radical (unpaired) electrons. The Balaban J connectivity index is 0.964. The second-order valence-electron chi connectivity index (χ2n) is 14.1. The number of amides is 1. The van der Waals surface area contributed by atoms with Crippen molar-refractivity contribution in [1.29, 1.82) is 0 Å². The number of thiazole rings is 1. The third kappa shape index (κ3) is 7.24. The number of ether oxygens (including phenoxy) is 1. The summed E-state index contributed by atoms with van der Waals surface area (Å²) in [7, 11) is 3.01. The Hall–Kier alpha value is -6.02. The molecule has 0 fully saturated rings. The van der Waals surface area contributed by atoms with Crippen molar-refractivity contribution < 1.29 is 37.4 Å². The Kier molecular flexibility index (Phi) is 10.2. The number of rotatable bonds is 11. The molecule has 2 aliphatic heterocycles. The summed E-state index contributed by atoms with van der Waals surface area (Å²) >= 11 is 1.64. The van der Waals surface area contributed by atoms with Crippen molar-refractivity contribution in [3.63, 3.8) is 0 Å². The zero-order valence-electron chi connectivity index (χ0n) is 31.1. The average Bonchev–Trinajstić information content (AvgIpc) is 3.79. The number of para-hydroxylation sites is 2. The van der Waals surface area contributed by atoms with Gasteiger partial charge in [-0.3, -0.25) is 14.4 Å². The molecule has 0 saturated heterocycles. The average molecular weight is 782 g/mol. The lowest BCUT2D eigenvalue weighted by molar-refractivity contribution is -0.143. The second kappa shape index (κ2) is 14.9. The zero-order chi connectivity index (χ0) is 39.9. The third-order valence-corrected chi connectivity index (χ3v) is 11.1. The van der Waals surface area contributed by atoms with Gasteiger partial charge in [0.2, 0.25) is 5.78 Å². The Bertz CT molecular complexity index is 2380. The van der Waals surface area contributed by atoms with Crippen molar-refractivity contribution in [2.24, 2.45) is 5.10 Å². The predicted molar refractivity (Wildman–Crippen MR) is 211 cm³/mol. The molecule has 0 bridgehead atoms. The highest BCUT2D eigenvalue weighted by Crippen LogP contribution is 2.49. The summed E-state index contributed by atoms with van der Waals surface area (Å²) in [5.74, 6) is -3.12. The lowest BCUT2D eigenvalue weighted by Gasteiger charge is -2.29. The number of nitrogens with zero attached hydrogens (tertiary/aromatic N) is 5. The zero-order valence-corrected chi connectivity index (χ0v) is 31.9. The standard InChI is InChI=1S/C42H38F3N5O5S/c1-41(2)28-10-5-7-12-30(28)50(32(41)24-27-37(52)35(38(27)53)36-39(42(43,44)45)47-49(4)40(36)54)22-23-55-34(51)14-9-21-48(3)26-18-15-25(16-19-26)17-20-33-46-29-11-6-8-13-31(29)56-33/h5-8,10-13,15-20,24,52H,9,14,21-23H2,1-4H3/b20-17+,32-24?,36-35?. The number of alkyl halides is 3. The highest BCUT2D eigenvalue weighted by Gasteiger charge is 2.51. The first-order chi connectivity index (χ1) is 26.6. The summed E-state index contributed by atoms with van der Waals surface area (Å²) in [6.45, 7) is 4.68. The molecule has 1 amide bonds. The largest absolute Gasteiger partial charge is 0.506 e. The number of Topliss-reactive ketones (excluding diaryl/α,β-unsaturated/α-hetero) is 1. The van der Waals surface area contributed by atoms with E-state index in [-0.39, 0.29) is 31.1 Å². The van der Waals surface area contributed by atoms with Gasteiger partial charge >= 0.3 is 12.1 Å². The number of allylic oxidation sites excluding steroid dienone is 4. The van der Waals surface area contributed by atoms with Crippen LogP contribution in [-0.2, 0) is 24.5 Å². The maximum absolute atomic E-state index is 13.7. The van der Waals surface area contributed by atoms with E-state index in [1.165, 1.54) is 6.08 Å². The van der Waals surface area contributed by atoms with Crippen LogP contribution in [-0.4, -0.2) is 78.4 Å². The lowest BCUT2D eigenvalue weighted by Crippen LogP contribution is -2.34. The quantitative estimate of drug-likeness (QED) is 0.120. The number of aliphatic hydroxyl groups is 1. The number of carbonyl (C=O) groups excluding carboxylic acids is 3. The van der Waals surface area contributed by atoms with Gasteiger partial charge in [-0.15, -0.1) is 11.3 Å². The molecule has 56 heavy (non-hydrogen) atoms. The van der Waals surface area contributed by atoms with Gasteiger partial charge < -0.3 is 19.6 Å². The normalized spacial score (nSPS) is 18.7. The summed E-state index contributed by atoms with van der Waals surface area (Å²) in [5.41, 5.74) is 1.15. The van der Waals surface area contributed by atoms with Crippen molar-refractivity contribution in [1.82, 2.24) is 9.99 Å². The molecule has 3 aromatic carbocycles. The van der Waals surface area contributed by atoms with Crippen LogP contribution in [0.25, 0.3) is 22.4 Å². The van der Waals surface area contributed by atoms with Crippen LogP contribution in [0.2, 0.25) is 0 Å². The second-order valence-corrected chi connectivity index (χ2v) is 15.2. The molecule has 10 nitrogen and oxygen atoms in total. The van der Waals surface area contributed by atoms with Crippen molar-refractivity contribution in [2.75, 3.05) is 43.6 Å². The third-order valence-electron chi connectivity index (χ3n) is 10.1. The fraction of sp³-hybridized carbons (Fsp3) is 0.262. The number of halogens is 3. The van der Waals surface area contributed by atoms with Gasteiger partial charge in [0.1, 0.15) is 17.4 Å². The van der Waals surface area contributed by atoms with E-state index in [4.69, 9.17) is 4.74 Å². The number of esters is 1. The number of aliphatic hydroxyl groups excluding tert-OH is 1. The van der Waals surface area contributed by atoms with Crippen LogP contribution >= 0.6 is 11.3 Å². The molecule has 0 atom stereocenters. The van der Waals surface area contributed by atoms with Crippen molar-refractivity contribution >= 4 is 68.5 Å². The first-order valence-corrected chi connectivity index (χ1v) is 18.7. The van der Waals surface area contributed by atoms with E-state index in [2.05, 4.69) is 21.1 Å². The van der Waals surface area contributed by atoms with Gasteiger partial charge in [-0.2, -0.15) is 18.3 Å². The minimum Gasteiger partial charge on any atom is -0.506 e. The molecule has 1 aromatic heterocycles. The molecular weight excluding hydrogens is 744 g/mol. The summed E-state index contributed by atoms with van der Waals surface area (Å²) in [5, 5.41) is 15.6. The van der Waals surface area contributed by atoms with Gasteiger partial charge in [0.05, 0.1) is 33.5 Å². The van der Waals surface area contributed by atoms with Crippen molar-refractivity contribution in [3.05, 3.63) is 123 Å². The van der Waals surface area contributed by atoms with E-state index in [0.717, 1.165) is 44.8 Å². The molecule has 7 rings (SSSR count). The first kappa shape index (κ1) is 38.3. The number of carbonyl (C=O) groups is 3. The Morgan fingerprint density at radius 3 is 2.43 bits per heavy atom. The number of benzene rings is 3. The maximum Gasteiger partial charge on any atom is 0.435 e. The van der Waals surface area contributed by atoms with Gasteiger partial charge in [0.15, 0.2) is 5.71 Å². The van der Waals surface area contributed by atoms with Crippen LogP contribution in [0.15, 0.2) is 112 Å². The van der Waals surface area contributed by atoms with Crippen molar-refractivity contribution in [3.8, 4) is 0 Å². The molecule has 0 unspecified atom stereocenters. The van der Waals surface area contributed by atoms with E-state index < -0.39 is 45.9 Å². The minimum atomic E-state index is -5.01. The minimum absolute atomic E-state index is 0.0168. The van der Waals surface area contributed by atoms with E-state index >= 15 is 0 Å². The topological polar surface area (TPSA) is 116 Å². The Morgan fingerprint density at radius 2 is 1.71 bits per heavy atom. The molecule has 4 aromatic rings. The van der Waals surface area contributed by atoms with Gasteiger partial charge in [-0.1, -0.05) is 62.4 Å². The highest BCUT2D eigenvalue weighted by atomic mass is 32.1. The monoisotopic (exact) mass is 781 g/mol. The van der Waals surface area contributed by atoms with Crippen LogP contribution in [0.5, 0.6) is 0 Å². The fourth-order valence-corrected chi connectivity index (χ4v) is 7.95. The molecule has 0 spiro atoms. The number of hydrogen-bond acceptors (Lipinski definition) is 10. The summed E-state index contributed by atoms with van der Waals surface area (Å²) < 4.78 is 47.9. The molecule has 3 aliphatic rings. The van der Waals surface area contributed by atoms with E-state index in [0.29, 0.717) is 23.7 Å². The van der Waals surface area contributed by atoms with Gasteiger partial charge in [-0.05, 0) is 60.0 Å². The molecule has 1 aliphatic carbocycles. The number of likely N-dealkylation sites (N-methyl/N-ethyl adjacent to an activating group) is 1. The molecule has 288 valence electrons. The number of fused-ring (bicyclic) bond motifs is 2. The lowest BCUT2D eigenvalue weighted by atomic mass is 9.79. The fourth-order valence-electron chi connectivity index (χ4n) is 7.08. The molecule has 3 heterocycles. The smallest absolute Gasteiger partial charge is 0.435 e. The van der Waals surface area contributed by atoms with E-state index in [1.54, 1.807) is 11.3 Å². The molecule has 0 saturated carbocycles. The maximum atomic E-state index is 13.7. The highest BCUT2D eigenvalue weighted by molar-refractivity contribution is 7.19. The predicted octanol–water partition coefficient (Wildman–Crippen LogP) is 7.99. The van der Waals surface area contributed by atoms with Gasteiger partial charge in [0, 0.05) is 49.5 Å². The SMILES string of the molecule is CN1N=C(C(F)(F)F)C(=C2C(=O)C(C=C3N(CCOC(=O)CCCN(C)c4ccc(/C=C/c5nc6ccccc6s5)cc4)c4ccccc4C3(C)C)=C2O)C1=O. The van der Waals surface area contributed by atoms with Crippen LogP contribution in [0.1, 0.15) is 42.8 Å².